The van der Waals surface area contributed by atoms with Crippen molar-refractivity contribution in [2.45, 2.75) is 33.3 Å². The first-order chi connectivity index (χ1) is 7.50. The summed E-state index contributed by atoms with van der Waals surface area (Å²) in [5, 5.41) is 12.8. The van der Waals surface area contributed by atoms with Gasteiger partial charge in [0.25, 0.3) is 0 Å². The molecule has 16 heavy (non-hydrogen) atoms. The van der Waals surface area contributed by atoms with Gasteiger partial charge in [0.05, 0.1) is 6.10 Å². The number of ketones is 1. The van der Waals surface area contributed by atoms with Crippen LogP contribution in [-0.4, -0.2) is 23.5 Å². The van der Waals surface area contributed by atoms with E-state index in [0.717, 1.165) is 16.8 Å². The minimum atomic E-state index is -0.614. The summed E-state index contributed by atoms with van der Waals surface area (Å²) in [5.74, 6) is 0.0100. The van der Waals surface area contributed by atoms with E-state index in [0.29, 0.717) is 6.54 Å². The van der Waals surface area contributed by atoms with Gasteiger partial charge in [-0.1, -0.05) is 18.2 Å². The van der Waals surface area contributed by atoms with Gasteiger partial charge < -0.3 is 10.4 Å². The molecule has 1 unspecified atom stereocenters. The van der Waals surface area contributed by atoms with E-state index in [1.165, 1.54) is 6.92 Å². The van der Waals surface area contributed by atoms with E-state index in [9.17, 15) is 9.90 Å². The lowest BCUT2D eigenvalue weighted by atomic mass is 10.1. The lowest BCUT2D eigenvalue weighted by Crippen LogP contribution is -2.22. The molecule has 1 aromatic carbocycles. The molecule has 0 aliphatic carbocycles. The molecular weight excluding hydrogens is 202 g/mol. The summed E-state index contributed by atoms with van der Waals surface area (Å²) in [6, 6.07) is 6.04. The highest BCUT2D eigenvalue weighted by Gasteiger charge is 2.08. The Balaban J connectivity index is 2.57. The van der Waals surface area contributed by atoms with Crippen molar-refractivity contribution in [3.8, 4) is 0 Å². The molecule has 0 amide bonds. The molecule has 1 aromatic rings. The van der Waals surface area contributed by atoms with Crippen LogP contribution in [0.4, 0.5) is 5.69 Å². The van der Waals surface area contributed by atoms with Gasteiger partial charge in [-0.3, -0.25) is 4.79 Å². The van der Waals surface area contributed by atoms with E-state index in [4.69, 9.17) is 0 Å². The molecule has 2 N–H and O–H groups in total. The van der Waals surface area contributed by atoms with Crippen molar-refractivity contribution < 1.29 is 9.90 Å². The lowest BCUT2D eigenvalue weighted by Gasteiger charge is -2.15. The van der Waals surface area contributed by atoms with E-state index in [2.05, 4.69) is 5.32 Å². The quantitative estimate of drug-likeness (QED) is 0.800. The predicted molar refractivity (Wildman–Crippen MR) is 65.7 cm³/mol. The number of para-hydroxylation sites is 1. The maximum Gasteiger partial charge on any atom is 0.132 e. The van der Waals surface area contributed by atoms with Gasteiger partial charge in [0.2, 0.25) is 0 Å². The van der Waals surface area contributed by atoms with Gasteiger partial charge >= 0.3 is 0 Å². The zero-order valence-electron chi connectivity index (χ0n) is 10.1. The average molecular weight is 221 g/mol. The summed E-state index contributed by atoms with van der Waals surface area (Å²) in [6.45, 7) is 5.94. The highest BCUT2D eigenvalue weighted by atomic mass is 16.3. The Hall–Kier alpha value is -1.35. The molecule has 0 bridgehead atoms. The van der Waals surface area contributed by atoms with Crippen LogP contribution in [0.3, 0.4) is 0 Å². The molecule has 3 heteroatoms. The first kappa shape index (κ1) is 12.7. The molecule has 0 aliphatic rings. The Morgan fingerprint density at radius 3 is 2.44 bits per heavy atom. The van der Waals surface area contributed by atoms with Crippen molar-refractivity contribution in [1.82, 2.24) is 0 Å². The normalized spacial score (nSPS) is 12.2. The Bertz CT molecular complexity index is 354. The fourth-order valence-electron chi connectivity index (χ4n) is 1.72. The molecule has 1 atom stereocenters. The number of anilines is 1. The van der Waals surface area contributed by atoms with Crippen molar-refractivity contribution in [3.05, 3.63) is 29.3 Å². The molecule has 0 aromatic heterocycles. The third-order valence-corrected chi connectivity index (χ3v) is 2.52. The smallest absolute Gasteiger partial charge is 0.132 e. The Labute approximate surface area is 96.5 Å². The summed E-state index contributed by atoms with van der Waals surface area (Å²) in [7, 11) is 0. The van der Waals surface area contributed by atoms with E-state index in [1.807, 2.05) is 32.0 Å². The van der Waals surface area contributed by atoms with Crippen LogP contribution in [0.25, 0.3) is 0 Å². The van der Waals surface area contributed by atoms with Crippen LogP contribution in [0.1, 0.15) is 24.5 Å². The molecule has 0 aliphatic heterocycles. The fraction of sp³-hybridized carbons (Fsp3) is 0.462. The third kappa shape index (κ3) is 3.66. The van der Waals surface area contributed by atoms with Gasteiger partial charge in [-0.2, -0.15) is 0 Å². The maximum absolute atomic E-state index is 10.8. The number of hydrogen-bond donors (Lipinski definition) is 2. The Kier molecular flexibility index (Phi) is 4.50. The highest BCUT2D eigenvalue weighted by Crippen LogP contribution is 2.19. The van der Waals surface area contributed by atoms with Gasteiger partial charge in [-0.15, -0.1) is 0 Å². The Morgan fingerprint density at radius 2 is 1.94 bits per heavy atom. The lowest BCUT2D eigenvalue weighted by molar-refractivity contribution is -0.118. The summed E-state index contributed by atoms with van der Waals surface area (Å²) < 4.78 is 0. The molecule has 1 rings (SSSR count). The van der Waals surface area contributed by atoms with E-state index < -0.39 is 6.10 Å². The highest BCUT2D eigenvalue weighted by molar-refractivity contribution is 5.76. The van der Waals surface area contributed by atoms with Crippen molar-refractivity contribution in [1.29, 1.82) is 0 Å². The number of aliphatic hydroxyl groups is 1. The molecule has 88 valence electrons. The van der Waals surface area contributed by atoms with Gasteiger partial charge in [0, 0.05) is 18.7 Å². The summed E-state index contributed by atoms with van der Waals surface area (Å²) >= 11 is 0. The first-order valence-electron chi connectivity index (χ1n) is 5.48. The molecule has 0 spiro atoms. The van der Waals surface area contributed by atoms with Crippen molar-refractivity contribution in [2.75, 3.05) is 11.9 Å². The zero-order valence-corrected chi connectivity index (χ0v) is 10.1. The summed E-state index contributed by atoms with van der Waals surface area (Å²) in [6.07, 6.45) is -0.408. The second kappa shape index (κ2) is 5.66. The first-order valence-corrected chi connectivity index (χ1v) is 5.48. The topological polar surface area (TPSA) is 49.3 Å². The fourth-order valence-corrected chi connectivity index (χ4v) is 1.72. The van der Waals surface area contributed by atoms with Crippen LogP contribution in [0.5, 0.6) is 0 Å². The van der Waals surface area contributed by atoms with Crippen molar-refractivity contribution in [3.63, 3.8) is 0 Å². The molecule has 0 heterocycles. The second-order valence-electron chi connectivity index (χ2n) is 4.21. The van der Waals surface area contributed by atoms with Gasteiger partial charge in [-0.05, 0) is 31.9 Å². The van der Waals surface area contributed by atoms with E-state index in [1.54, 1.807) is 0 Å². The third-order valence-electron chi connectivity index (χ3n) is 2.52. The standard InChI is InChI=1S/C13H19NO2/c1-9-5-4-6-10(2)13(9)14-8-12(16)7-11(3)15/h4-6,12,14,16H,7-8H2,1-3H3. The van der Waals surface area contributed by atoms with Crippen LogP contribution in [0.15, 0.2) is 18.2 Å². The van der Waals surface area contributed by atoms with E-state index >= 15 is 0 Å². The molecular formula is C13H19NO2. The largest absolute Gasteiger partial charge is 0.391 e. The van der Waals surface area contributed by atoms with Gasteiger partial charge in [0.15, 0.2) is 0 Å². The molecule has 0 radical (unpaired) electrons. The minimum Gasteiger partial charge on any atom is -0.391 e. The number of carbonyl (C=O) groups is 1. The van der Waals surface area contributed by atoms with Gasteiger partial charge in [0.1, 0.15) is 5.78 Å². The van der Waals surface area contributed by atoms with Gasteiger partial charge in [-0.25, -0.2) is 0 Å². The molecule has 0 fully saturated rings. The van der Waals surface area contributed by atoms with Crippen LogP contribution in [0.2, 0.25) is 0 Å². The second-order valence-corrected chi connectivity index (χ2v) is 4.21. The van der Waals surface area contributed by atoms with Crippen LogP contribution < -0.4 is 5.32 Å². The number of Topliss-reactive ketones (excluding diaryl/α,β-unsaturated/α-hetero) is 1. The Morgan fingerprint density at radius 1 is 1.38 bits per heavy atom. The molecule has 0 saturated carbocycles. The van der Waals surface area contributed by atoms with Crippen molar-refractivity contribution >= 4 is 11.5 Å². The van der Waals surface area contributed by atoms with Crippen LogP contribution in [0, 0.1) is 13.8 Å². The summed E-state index contributed by atoms with van der Waals surface area (Å²) in [5.41, 5.74) is 3.34. The number of benzene rings is 1. The monoisotopic (exact) mass is 221 g/mol. The number of rotatable bonds is 5. The number of nitrogens with one attached hydrogen (secondary N) is 1. The number of aryl methyl sites for hydroxylation is 2. The van der Waals surface area contributed by atoms with E-state index in [-0.39, 0.29) is 12.2 Å². The minimum absolute atomic E-state index is 0.0100. The van der Waals surface area contributed by atoms with Crippen LogP contribution in [-0.2, 0) is 4.79 Å². The predicted octanol–water partition coefficient (Wildman–Crippen LogP) is 2.06. The number of aliphatic hydroxyl groups excluding tert-OH is 1. The average Bonchev–Trinajstić information content (AvgIpc) is 2.15. The number of hydrogen-bond acceptors (Lipinski definition) is 3. The van der Waals surface area contributed by atoms with Crippen molar-refractivity contribution in [2.24, 2.45) is 0 Å². The molecule has 3 nitrogen and oxygen atoms in total. The molecule has 0 saturated heterocycles. The SMILES string of the molecule is CC(=O)CC(O)CNc1c(C)cccc1C. The zero-order chi connectivity index (χ0) is 12.1. The maximum atomic E-state index is 10.8. The number of carbonyl (C=O) groups excluding carboxylic acids is 1. The van der Waals surface area contributed by atoms with Crippen LogP contribution >= 0.6 is 0 Å². The summed E-state index contributed by atoms with van der Waals surface area (Å²) in [4.78, 5) is 10.8.